The van der Waals surface area contributed by atoms with Crippen molar-refractivity contribution in [1.82, 2.24) is 5.32 Å². The molecule has 136 valence electrons. The van der Waals surface area contributed by atoms with Gasteiger partial charge < -0.3 is 15.4 Å². The van der Waals surface area contributed by atoms with Gasteiger partial charge in [-0.2, -0.15) is 0 Å². The molecule has 0 radical (unpaired) electrons. The highest BCUT2D eigenvalue weighted by Gasteiger charge is 2.11. The molecule has 0 fully saturated rings. The van der Waals surface area contributed by atoms with Crippen LogP contribution in [0.2, 0.25) is 0 Å². The summed E-state index contributed by atoms with van der Waals surface area (Å²) in [5.41, 5.74) is 1.96. The first kappa shape index (κ1) is 19.1. The summed E-state index contributed by atoms with van der Waals surface area (Å²) in [7, 11) is 0. The summed E-state index contributed by atoms with van der Waals surface area (Å²) in [5, 5.41) is 4.94. The van der Waals surface area contributed by atoms with Gasteiger partial charge in [-0.15, -0.1) is 0 Å². The Kier molecular flexibility index (Phi) is 6.84. The van der Waals surface area contributed by atoms with Gasteiger partial charge in [0.2, 0.25) is 0 Å². The molecule has 0 atom stereocenters. The summed E-state index contributed by atoms with van der Waals surface area (Å²) in [6.07, 6.45) is 0.898. The van der Waals surface area contributed by atoms with Crippen molar-refractivity contribution in [2.75, 3.05) is 18.5 Å². The van der Waals surface area contributed by atoms with Crippen LogP contribution in [-0.2, 0) is 20.7 Å². The van der Waals surface area contributed by atoms with Crippen LogP contribution < -0.4 is 10.6 Å². The fourth-order valence-electron chi connectivity index (χ4n) is 2.07. The summed E-state index contributed by atoms with van der Waals surface area (Å²) >= 11 is 0. The third-order valence-corrected chi connectivity index (χ3v) is 3.51. The largest absolute Gasteiger partial charge is 0.454 e. The maximum absolute atomic E-state index is 12.8. The van der Waals surface area contributed by atoms with E-state index in [-0.39, 0.29) is 5.56 Å². The molecule has 0 spiro atoms. The Morgan fingerprint density at radius 1 is 1.00 bits per heavy atom. The molecule has 2 aromatic rings. The molecule has 0 unspecified atom stereocenters. The Bertz CT molecular complexity index is 773. The fourth-order valence-corrected chi connectivity index (χ4v) is 2.07. The number of carbonyl (C=O) groups excluding carboxylic acids is 3. The highest BCUT2D eigenvalue weighted by Crippen LogP contribution is 2.09. The monoisotopic (exact) mass is 358 g/mol. The summed E-state index contributed by atoms with van der Waals surface area (Å²) < 4.78 is 17.6. The van der Waals surface area contributed by atoms with Gasteiger partial charge in [-0.25, -0.2) is 4.39 Å². The van der Waals surface area contributed by atoms with Crippen LogP contribution >= 0.6 is 0 Å². The lowest BCUT2D eigenvalue weighted by atomic mass is 10.1. The van der Waals surface area contributed by atoms with Crippen molar-refractivity contribution in [2.45, 2.75) is 13.3 Å². The Morgan fingerprint density at radius 3 is 2.27 bits per heavy atom. The van der Waals surface area contributed by atoms with E-state index in [4.69, 9.17) is 4.74 Å². The lowest BCUT2D eigenvalue weighted by Crippen LogP contribution is -2.32. The standard InChI is InChI=1S/C19H19FN2O4/c1-2-13-3-9-16(10-4-13)22-17(23)12-26-18(24)11-21-19(25)14-5-7-15(20)8-6-14/h3-10H,2,11-12H2,1H3,(H,21,25)(H,22,23). The molecule has 0 aliphatic rings. The van der Waals surface area contributed by atoms with Gasteiger partial charge in [0.25, 0.3) is 11.8 Å². The fraction of sp³-hybridized carbons (Fsp3) is 0.211. The number of esters is 1. The molecule has 0 saturated heterocycles. The number of anilines is 1. The van der Waals surface area contributed by atoms with Crippen LogP contribution in [0.3, 0.4) is 0 Å². The minimum Gasteiger partial charge on any atom is -0.454 e. The predicted molar refractivity (Wildman–Crippen MR) is 94.1 cm³/mol. The number of benzene rings is 2. The highest BCUT2D eigenvalue weighted by molar-refractivity contribution is 5.96. The molecule has 6 nitrogen and oxygen atoms in total. The van der Waals surface area contributed by atoms with Crippen molar-refractivity contribution in [3.8, 4) is 0 Å². The lowest BCUT2D eigenvalue weighted by Gasteiger charge is -2.08. The first-order valence-corrected chi connectivity index (χ1v) is 8.06. The normalized spacial score (nSPS) is 10.1. The second-order valence-electron chi connectivity index (χ2n) is 5.45. The maximum atomic E-state index is 12.8. The summed E-state index contributed by atoms with van der Waals surface area (Å²) in [4.78, 5) is 35.1. The van der Waals surface area contributed by atoms with Crippen molar-refractivity contribution in [1.29, 1.82) is 0 Å². The number of amides is 2. The molecule has 2 N–H and O–H groups in total. The van der Waals surface area contributed by atoms with Crippen LogP contribution in [0.25, 0.3) is 0 Å². The minimum atomic E-state index is -0.753. The molecule has 2 rings (SSSR count). The molecule has 2 amide bonds. The maximum Gasteiger partial charge on any atom is 0.325 e. The van der Waals surface area contributed by atoms with Gasteiger partial charge in [-0.05, 0) is 48.4 Å². The molecule has 7 heteroatoms. The van der Waals surface area contributed by atoms with Crippen LogP contribution in [0, 0.1) is 5.82 Å². The number of ether oxygens (including phenoxy) is 1. The molecule has 0 aliphatic heterocycles. The Balaban J connectivity index is 1.71. The summed E-state index contributed by atoms with van der Waals surface area (Å²) in [6.45, 7) is 1.18. The van der Waals surface area contributed by atoms with Crippen molar-refractivity contribution >= 4 is 23.5 Å². The number of hydrogen-bond donors (Lipinski definition) is 2. The molecule has 26 heavy (non-hydrogen) atoms. The second kappa shape index (κ2) is 9.31. The van der Waals surface area contributed by atoms with Gasteiger partial charge in [0.1, 0.15) is 12.4 Å². The van der Waals surface area contributed by atoms with Crippen LogP contribution in [0.4, 0.5) is 10.1 Å². The quantitative estimate of drug-likeness (QED) is 0.744. The number of carbonyl (C=O) groups is 3. The van der Waals surface area contributed by atoms with E-state index < -0.39 is 36.8 Å². The van der Waals surface area contributed by atoms with Gasteiger partial charge in [0.15, 0.2) is 6.61 Å². The third kappa shape index (κ3) is 6.01. The number of halogens is 1. The van der Waals surface area contributed by atoms with Crippen LogP contribution in [0.1, 0.15) is 22.8 Å². The molecule has 2 aromatic carbocycles. The molecule has 0 heterocycles. The SMILES string of the molecule is CCc1ccc(NC(=O)COC(=O)CNC(=O)c2ccc(F)cc2)cc1. The zero-order chi connectivity index (χ0) is 18.9. The topological polar surface area (TPSA) is 84.5 Å². The highest BCUT2D eigenvalue weighted by atomic mass is 19.1. The summed E-state index contributed by atoms with van der Waals surface area (Å²) in [5.74, 6) is -2.23. The lowest BCUT2D eigenvalue weighted by molar-refractivity contribution is -0.146. The van der Waals surface area contributed by atoms with Crippen molar-refractivity contribution in [2.24, 2.45) is 0 Å². The second-order valence-corrected chi connectivity index (χ2v) is 5.45. The number of aryl methyl sites for hydroxylation is 1. The smallest absolute Gasteiger partial charge is 0.325 e. The van der Waals surface area contributed by atoms with Crippen LogP contribution in [0.5, 0.6) is 0 Å². The van der Waals surface area contributed by atoms with Crippen LogP contribution in [-0.4, -0.2) is 30.9 Å². The van der Waals surface area contributed by atoms with Gasteiger partial charge >= 0.3 is 5.97 Å². The van der Waals surface area contributed by atoms with E-state index in [9.17, 15) is 18.8 Å². The predicted octanol–water partition coefficient (Wildman–Crippen LogP) is 2.30. The zero-order valence-electron chi connectivity index (χ0n) is 14.3. The van der Waals surface area contributed by atoms with Gasteiger partial charge in [0, 0.05) is 11.3 Å². The van der Waals surface area contributed by atoms with E-state index in [0.29, 0.717) is 5.69 Å². The first-order valence-electron chi connectivity index (χ1n) is 8.06. The van der Waals surface area contributed by atoms with Gasteiger partial charge in [0.05, 0.1) is 0 Å². The van der Waals surface area contributed by atoms with E-state index in [0.717, 1.165) is 24.1 Å². The average molecular weight is 358 g/mol. The molecular weight excluding hydrogens is 339 g/mol. The van der Waals surface area contributed by atoms with Crippen molar-refractivity contribution < 1.29 is 23.5 Å². The van der Waals surface area contributed by atoms with Crippen molar-refractivity contribution in [3.05, 3.63) is 65.5 Å². The van der Waals surface area contributed by atoms with E-state index in [1.807, 2.05) is 19.1 Å². The average Bonchev–Trinajstić information content (AvgIpc) is 2.65. The minimum absolute atomic E-state index is 0.215. The Labute approximate surface area is 150 Å². The third-order valence-electron chi connectivity index (χ3n) is 3.51. The molecule has 0 aliphatic carbocycles. The first-order chi connectivity index (χ1) is 12.5. The molecular formula is C19H19FN2O4. The Hall–Kier alpha value is -3.22. The van der Waals surface area contributed by atoms with Crippen molar-refractivity contribution in [3.63, 3.8) is 0 Å². The molecule has 0 bridgehead atoms. The number of hydrogen-bond acceptors (Lipinski definition) is 4. The van der Waals surface area contributed by atoms with E-state index >= 15 is 0 Å². The Morgan fingerprint density at radius 2 is 1.65 bits per heavy atom. The van der Waals surface area contributed by atoms with Crippen LogP contribution in [0.15, 0.2) is 48.5 Å². The number of rotatable bonds is 7. The van der Waals surface area contributed by atoms with E-state index in [1.54, 1.807) is 12.1 Å². The zero-order valence-corrected chi connectivity index (χ0v) is 14.3. The summed E-state index contributed by atoms with van der Waals surface area (Å²) in [6, 6.07) is 12.2. The number of nitrogens with one attached hydrogen (secondary N) is 2. The van der Waals surface area contributed by atoms with Gasteiger partial charge in [-0.3, -0.25) is 14.4 Å². The van der Waals surface area contributed by atoms with E-state index in [2.05, 4.69) is 10.6 Å². The van der Waals surface area contributed by atoms with Gasteiger partial charge in [-0.1, -0.05) is 19.1 Å². The van der Waals surface area contributed by atoms with E-state index in [1.165, 1.54) is 12.1 Å². The molecule has 0 saturated carbocycles. The molecule has 0 aromatic heterocycles.